The van der Waals surface area contributed by atoms with Crippen molar-refractivity contribution in [1.29, 1.82) is 5.26 Å². The van der Waals surface area contributed by atoms with Gasteiger partial charge >= 0.3 is 0 Å². The third kappa shape index (κ3) is 3.48. The molecule has 4 heterocycles. The molecule has 1 aromatic carbocycles. The summed E-state index contributed by atoms with van der Waals surface area (Å²) in [7, 11) is 0. The Labute approximate surface area is 179 Å². The summed E-state index contributed by atoms with van der Waals surface area (Å²) in [5.74, 6) is -0.431. The molecule has 0 bridgehead atoms. The summed E-state index contributed by atoms with van der Waals surface area (Å²) in [5, 5.41) is 12.4. The largest absolute Gasteiger partial charge is 0.490 e. The van der Waals surface area contributed by atoms with E-state index in [9.17, 15) is 14.9 Å². The van der Waals surface area contributed by atoms with Crippen molar-refractivity contribution in [3.8, 4) is 17.6 Å². The molecule has 1 fully saturated rings. The van der Waals surface area contributed by atoms with Crippen LogP contribution in [0.25, 0.3) is 0 Å². The van der Waals surface area contributed by atoms with Crippen LogP contribution in [-0.4, -0.2) is 42.2 Å². The predicted molar refractivity (Wildman–Crippen MR) is 113 cm³/mol. The van der Waals surface area contributed by atoms with Crippen molar-refractivity contribution >= 4 is 17.7 Å². The number of nitrogens with one attached hydrogen (secondary N) is 2. The van der Waals surface area contributed by atoms with E-state index in [4.69, 9.17) is 9.47 Å². The molecular formula is C22H23N5O4. The fourth-order valence-electron chi connectivity index (χ4n) is 4.49. The monoisotopic (exact) mass is 421 g/mol. The number of piperidine rings is 1. The van der Waals surface area contributed by atoms with Crippen molar-refractivity contribution in [1.82, 2.24) is 9.97 Å². The standard InChI is InChI=1S/C22H23N5O4/c23-12-14-17(13-5-6-15-16(11-13)31-10-4-9-30-15)18-19(24-20(14)28)25-22(26-21(18)29)27-7-2-1-3-8-27/h5-6,11,14,17H,1-4,7-10H2,(H2,24,25,26,28,29). The van der Waals surface area contributed by atoms with Gasteiger partial charge < -0.3 is 19.7 Å². The molecule has 1 saturated heterocycles. The van der Waals surface area contributed by atoms with Crippen molar-refractivity contribution < 1.29 is 14.3 Å². The molecule has 160 valence electrons. The number of aromatic amines is 1. The molecule has 5 rings (SSSR count). The van der Waals surface area contributed by atoms with E-state index in [1.165, 1.54) is 0 Å². The molecule has 1 aromatic heterocycles. The lowest BCUT2D eigenvalue weighted by atomic mass is 9.79. The highest BCUT2D eigenvalue weighted by Crippen LogP contribution is 2.41. The van der Waals surface area contributed by atoms with Gasteiger partial charge in [-0.15, -0.1) is 0 Å². The first-order valence-electron chi connectivity index (χ1n) is 10.6. The highest BCUT2D eigenvalue weighted by molar-refractivity contribution is 5.98. The zero-order valence-electron chi connectivity index (χ0n) is 17.0. The van der Waals surface area contributed by atoms with E-state index >= 15 is 0 Å². The molecule has 1 amide bonds. The molecule has 2 unspecified atom stereocenters. The molecule has 0 spiro atoms. The van der Waals surface area contributed by atoms with Crippen LogP contribution < -0.4 is 25.2 Å². The fraction of sp³-hybridized carbons (Fsp3) is 0.455. The third-order valence-electron chi connectivity index (χ3n) is 6.04. The molecule has 2 N–H and O–H groups in total. The molecule has 0 radical (unpaired) electrons. The normalized spacial score (nSPS) is 22.7. The number of carbonyl (C=O) groups is 1. The van der Waals surface area contributed by atoms with E-state index < -0.39 is 17.7 Å². The summed E-state index contributed by atoms with van der Waals surface area (Å²) in [5.41, 5.74) is 0.592. The molecule has 2 atom stereocenters. The topological polar surface area (TPSA) is 120 Å². The van der Waals surface area contributed by atoms with Crippen LogP contribution in [-0.2, 0) is 4.79 Å². The maximum Gasteiger partial charge on any atom is 0.258 e. The van der Waals surface area contributed by atoms with Crippen molar-refractivity contribution in [3.05, 3.63) is 39.7 Å². The van der Waals surface area contributed by atoms with E-state index in [0.717, 1.165) is 38.8 Å². The van der Waals surface area contributed by atoms with Gasteiger partial charge in [-0.25, -0.2) is 0 Å². The average molecular weight is 421 g/mol. The summed E-state index contributed by atoms with van der Waals surface area (Å²) in [6, 6.07) is 7.37. The Bertz CT molecular complexity index is 1120. The Morgan fingerprint density at radius 2 is 1.84 bits per heavy atom. The van der Waals surface area contributed by atoms with Gasteiger partial charge in [0.25, 0.3) is 5.56 Å². The predicted octanol–water partition coefficient (Wildman–Crippen LogP) is 2.15. The van der Waals surface area contributed by atoms with Crippen LogP contribution in [0.3, 0.4) is 0 Å². The number of nitriles is 1. The van der Waals surface area contributed by atoms with Crippen LogP contribution >= 0.6 is 0 Å². The second-order valence-electron chi connectivity index (χ2n) is 8.03. The van der Waals surface area contributed by atoms with Gasteiger partial charge in [0, 0.05) is 25.4 Å². The fourth-order valence-corrected chi connectivity index (χ4v) is 4.49. The van der Waals surface area contributed by atoms with E-state index in [0.29, 0.717) is 41.8 Å². The van der Waals surface area contributed by atoms with Crippen molar-refractivity contribution in [3.63, 3.8) is 0 Å². The minimum absolute atomic E-state index is 0.220. The lowest BCUT2D eigenvalue weighted by Gasteiger charge is -2.31. The number of hydrogen-bond acceptors (Lipinski definition) is 7. The quantitative estimate of drug-likeness (QED) is 0.762. The molecular weight excluding hydrogens is 398 g/mol. The van der Waals surface area contributed by atoms with Crippen LogP contribution in [0.2, 0.25) is 0 Å². The highest BCUT2D eigenvalue weighted by Gasteiger charge is 2.41. The number of anilines is 2. The van der Waals surface area contributed by atoms with Gasteiger partial charge in [-0.1, -0.05) is 6.07 Å². The number of aromatic nitrogens is 2. The molecule has 9 heteroatoms. The first-order chi connectivity index (χ1) is 15.2. The van der Waals surface area contributed by atoms with Gasteiger partial charge in [0.15, 0.2) is 11.5 Å². The summed E-state index contributed by atoms with van der Waals surface area (Å²) in [4.78, 5) is 35.4. The minimum Gasteiger partial charge on any atom is -0.490 e. The van der Waals surface area contributed by atoms with Gasteiger partial charge in [-0.3, -0.25) is 14.6 Å². The van der Waals surface area contributed by atoms with Gasteiger partial charge in [-0.05, 0) is 37.0 Å². The minimum atomic E-state index is -1.05. The van der Waals surface area contributed by atoms with Crippen molar-refractivity contribution in [2.24, 2.45) is 5.92 Å². The number of amides is 1. The first-order valence-corrected chi connectivity index (χ1v) is 10.6. The number of ether oxygens (including phenoxy) is 2. The summed E-state index contributed by atoms with van der Waals surface area (Å²) >= 11 is 0. The zero-order chi connectivity index (χ0) is 21.4. The average Bonchev–Trinajstić information content (AvgIpc) is 3.03. The van der Waals surface area contributed by atoms with Crippen molar-refractivity contribution in [2.75, 3.05) is 36.5 Å². The summed E-state index contributed by atoms with van der Waals surface area (Å²) in [6.45, 7) is 2.69. The number of carbonyl (C=O) groups excluding carboxylic acids is 1. The second kappa shape index (κ2) is 7.95. The van der Waals surface area contributed by atoms with E-state index in [1.807, 2.05) is 4.90 Å². The van der Waals surface area contributed by atoms with E-state index in [1.54, 1.807) is 18.2 Å². The van der Waals surface area contributed by atoms with Crippen LogP contribution in [0.1, 0.15) is 42.7 Å². The second-order valence-corrected chi connectivity index (χ2v) is 8.03. The maximum atomic E-state index is 13.2. The molecule has 31 heavy (non-hydrogen) atoms. The first kappa shape index (κ1) is 19.4. The number of H-pyrrole nitrogens is 1. The lowest BCUT2D eigenvalue weighted by molar-refractivity contribution is -0.119. The Kier molecular flexibility index (Phi) is 4.98. The number of fused-ring (bicyclic) bond motifs is 2. The van der Waals surface area contributed by atoms with E-state index in [-0.39, 0.29) is 11.4 Å². The number of rotatable bonds is 2. The van der Waals surface area contributed by atoms with Crippen molar-refractivity contribution in [2.45, 2.75) is 31.6 Å². The van der Waals surface area contributed by atoms with Gasteiger partial charge in [0.2, 0.25) is 11.9 Å². The van der Waals surface area contributed by atoms with Gasteiger partial charge in [0.05, 0.1) is 24.8 Å². The number of hydrogen-bond donors (Lipinski definition) is 2. The van der Waals surface area contributed by atoms with Crippen LogP contribution in [0.4, 0.5) is 11.8 Å². The zero-order valence-corrected chi connectivity index (χ0v) is 17.0. The molecule has 0 aliphatic carbocycles. The third-order valence-corrected chi connectivity index (χ3v) is 6.04. The Hall–Kier alpha value is -3.54. The molecule has 3 aliphatic rings. The van der Waals surface area contributed by atoms with Gasteiger partial charge in [0.1, 0.15) is 11.7 Å². The molecule has 2 aromatic rings. The van der Waals surface area contributed by atoms with Crippen LogP contribution in [0.5, 0.6) is 11.5 Å². The van der Waals surface area contributed by atoms with Crippen LogP contribution in [0, 0.1) is 17.2 Å². The highest BCUT2D eigenvalue weighted by atomic mass is 16.5. The molecule has 0 saturated carbocycles. The summed E-state index contributed by atoms with van der Waals surface area (Å²) < 4.78 is 11.5. The maximum absolute atomic E-state index is 13.2. The number of nitrogens with zero attached hydrogens (tertiary/aromatic N) is 3. The smallest absolute Gasteiger partial charge is 0.258 e. The Morgan fingerprint density at radius 1 is 1.06 bits per heavy atom. The molecule has 3 aliphatic heterocycles. The Balaban J connectivity index is 1.61. The lowest BCUT2D eigenvalue weighted by Crippen LogP contribution is -2.40. The van der Waals surface area contributed by atoms with Crippen LogP contribution in [0.15, 0.2) is 23.0 Å². The van der Waals surface area contributed by atoms with Gasteiger partial charge in [-0.2, -0.15) is 10.2 Å². The SMILES string of the molecule is N#CC1C(=O)Nc2nc(N3CCCCC3)[nH]c(=O)c2C1c1ccc2c(c1)OCCCO2. The van der Waals surface area contributed by atoms with E-state index in [2.05, 4.69) is 21.4 Å². The Morgan fingerprint density at radius 3 is 2.61 bits per heavy atom. The number of benzene rings is 1. The molecule has 9 nitrogen and oxygen atoms in total. The summed E-state index contributed by atoms with van der Waals surface area (Å²) in [6.07, 6.45) is 3.98.